The first kappa shape index (κ1) is 16.5. The van der Waals surface area contributed by atoms with Crippen LogP contribution in [0.5, 0.6) is 0 Å². The molecule has 0 unspecified atom stereocenters. The lowest BCUT2D eigenvalue weighted by Gasteiger charge is -2.25. The number of hydrogen-bond donors (Lipinski definition) is 0. The molecule has 0 saturated carbocycles. The zero-order valence-corrected chi connectivity index (χ0v) is 14.7. The number of anilines is 2. The third kappa shape index (κ3) is 2.89. The molecule has 24 heavy (non-hydrogen) atoms. The lowest BCUT2D eigenvalue weighted by Crippen LogP contribution is -2.33. The van der Waals surface area contributed by atoms with Gasteiger partial charge in [0.15, 0.2) is 0 Å². The molecule has 0 aliphatic carbocycles. The van der Waals surface area contributed by atoms with E-state index in [1.807, 2.05) is 6.92 Å². The predicted octanol–water partition coefficient (Wildman–Crippen LogP) is 1.55. The van der Waals surface area contributed by atoms with E-state index in [1.165, 1.54) is 10.6 Å². The fourth-order valence-corrected chi connectivity index (χ4v) is 3.99. The summed E-state index contributed by atoms with van der Waals surface area (Å²) in [7, 11) is -1.67. The molecule has 1 aliphatic rings. The number of aryl methyl sites for hydroxylation is 2. The van der Waals surface area contributed by atoms with E-state index in [1.54, 1.807) is 47.0 Å². The van der Waals surface area contributed by atoms with Crippen molar-refractivity contribution in [1.82, 2.24) is 9.78 Å². The van der Waals surface area contributed by atoms with Crippen LogP contribution in [0.3, 0.4) is 0 Å². The van der Waals surface area contributed by atoms with Crippen LogP contribution >= 0.6 is 0 Å². The number of para-hydroxylation sites is 2. The molecule has 1 aliphatic heterocycles. The van der Waals surface area contributed by atoms with Gasteiger partial charge in [0.05, 0.1) is 23.3 Å². The van der Waals surface area contributed by atoms with E-state index in [-0.39, 0.29) is 5.91 Å². The SMILES string of the molecule is Cc1cc(C(=O)N2CCCN(S(C)(=O)=O)c3ccccc32)n(C)n1. The number of carbonyl (C=O) groups is 1. The highest BCUT2D eigenvalue weighted by Gasteiger charge is 2.30. The van der Waals surface area contributed by atoms with Crippen LogP contribution in [0.15, 0.2) is 30.3 Å². The number of benzene rings is 1. The van der Waals surface area contributed by atoms with Gasteiger partial charge in [0, 0.05) is 20.1 Å². The lowest BCUT2D eigenvalue weighted by molar-refractivity contribution is 0.0978. The zero-order chi connectivity index (χ0) is 17.5. The van der Waals surface area contributed by atoms with Crippen LogP contribution in [0, 0.1) is 6.92 Å². The summed E-state index contributed by atoms with van der Waals surface area (Å²) in [6.45, 7) is 2.63. The van der Waals surface area contributed by atoms with Crippen LogP contribution in [0.25, 0.3) is 0 Å². The van der Waals surface area contributed by atoms with E-state index in [4.69, 9.17) is 0 Å². The third-order valence-electron chi connectivity index (χ3n) is 4.05. The average molecular weight is 348 g/mol. The fraction of sp³-hybridized carbons (Fsp3) is 0.375. The van der Waals surface area contributed by atoms with Gasteiger partial charge in [-0.15, -0.1) is 0 Å². The number of hydrogen-bond acceptors (Lipinski definition) is 4. The number of carbonyl (C=O) groups excluding carboxylic acids is 1. The monoisotopic (exact) mass is 348 g/mol. The summed E-state index contributed by atoms with van der Waals surface area (Å²) in [5, 5.41) is 4.22. The summed E-state index contributed by atoms with van der Waals surface area (Å²) in [6.07, 6.45) is 1.75. The lowest BCUT2D eigenvalue weighted by atomic mass is 10.2. The molecule has 7 nitrogen and oxygen atoms in total. The van der Waals surface area contributed by atoms with Crippen LogP contribution in [0.4, 0.5) is 11.4 Å². The number of nitrogens with zero attached hydrogens (tertiary/aromatic N) is 4. The van der Waals surface area contributed by atoms with E-state index in [0.717, 1.165) is 5.69 Å². The van der Waals surface area contributed by atoms with E-state index < -0.39 is 10.0 Å². The molecular weight excluding hydrogens is 328 g/mol. The highest BCUT2D eigenvalue weighted by molar-refractivity contribution is 7.92. The van der Waals surface area contributed by atoms with Crippen molar-refractivity contribution in [2.24, 2.45) is 7.05 Å². The molecule has 3 rings (SSSR count). The van der Waals surface area contributed by atoms with E-state index in [2.05, 4.69) is 5.10 Å². The fourth-order valence-electron chi connectivity index (χ4n) is 3.02. The van der Waals surface area contributed by atoms with Gasteiger partial charge in [0.2, 0.25) is 10.0 Å². The Morgan fingerprint density at radius 3 is 2.42 bits per heavy atom. The minimum Gasteiger partial charge on any atom is -0.305 e. The van der Waals surface area contributed by atoms with Gasteiger partial charge in [-0.05, 0) is 31.5 Å². The first-order chi connectivity index (χ1) is 11.3. The predicted molar refractivity (Wildman–Crippen MR) is 92.9 cm³/mol. The van der Waals surface area contributed by atoms with Crippen LogP contribution < -0.4 is 9.21 Å². The van der Waals surface area contributed by atoms with E-state index in [0.29, 0.717) is 36.6 Å². The van der Waals surface area contributed by atoms with Gasteiger partial charge in [-0.2, -0.15) is 5.10 Å². The van der Waals surface area contributed by atoms with Crippen molar-refractivity contribution < 1.29 is 13.2 Å². The molecule has 8 heteroatoms. The molecule has 1 aromatic heterocycles. The molecule has 0 fully saturated rings. The molecule has 0 radical (unpaired) electrons. The Morgan fingerprint density at radius 1 is 1.17 bits per heavy atom. The van der Waals surface area contributed by atoms with Crippen molar-refractivity contribution >= 4 is 27.3 Å². The van der Waals surface area contributed by atoms with Crippen LogP contribution in [-0.2, 0) is 17.1 Å². The summed E-state index contributed by atoms with van der Waals surface area (Å²) in [5.41, 5.74) is 2.38. The normalized spacial score (nSPS) is 15.1. The highest BCUT2D eigenvalue weighted by Crippen LogP contribution is 2.34. The molecule has 0 bridgehead atoms. The molecule has 128 valence electrons. The van der Waals surface area contributed by atoms with Crippen LogP contribution in [0.1, 0.15) is 22.6 Å². The second-order valence-electron chi connectivity index (χ2n) is 5.93. The highest BCUT2D eigenvalue weighted by atomic mass is 32.2. The molecule has 2 aromatic rings. The summed E-state index contributed by atoms with van der Waals surface area (Å²) in [4.78, 5) is 14.6. The Kier molecular flexibility index (Phi) is 4.08. The Bertz CT molecular complexity index is 888. The molecule has 0 N–H and O–H groups in total. The van der Waals surface area contributed by atoms with Gasteiger partial charge in [-0.25, -0.2) is 8.42 Å². The van der Waals surface area contributed by atoms with Gasteiger partial charge >= 0.3 is 0 Å². The van der Waals surface area contributed by atoms with Crippen LogP contribution in [-0.4, -0.2) is 43.5 Å². The minimum atomic E-state index is -3.40. The molecule has 1 aromatic carbocycles. The van der Waals surface area contributed by atoms with Crippen molar-refractivity contribution in [3.8, 4) is 0 Å². The topological polar surface area (TPSA) is 75.5 Å². The summed E-state index contributed by atoms with van der Waals surface area (Å²) in [6, 6.07) is 8.83. The Morgan fingerprint density at radius 2 is 1.83 bits per heavy atom. The number of aromatic nitrogens is 2. The van der Waals surface area contributed by atoms with Gasteiger partial charge < -0.3 is 4.90 Å². The smallest absolute Gasteiger partial charge is 0.276 e. The molecular formula is C16H20N4O3S. The first-order valence-electron chi connectivity index (χ1n) is 7.68. The Hall–Kier alpha value is -2.35. The quantitative estimate of drug-likeness (QED) is 0.825. The van der Waals surface area contributed by atoms with E-state index >= 15 is 0 Å². The van der Waals surface area contributed by atoms with Crippen molar-refractivity contribution in [3.05, 3.63) is 41.7 Å². The Labute approximate surface area is 141 Å². The van der Waals surface area contributed by atoms with Gasteiger partial charge in [-0.3, -0.25) is 13.8 Å². The maximum Gasteiger partial charge on any atom is 0.276 e. The first-order valence-corrected chi connectivity index (χ1v) is 9.53. The summed E-state index contributed by atoms with van der Waals surface area (Å²) < 4.78 is 27.1. The molecule has 1 amide bonds. The minimum absolute atomic E-state index is 0.180. The van der Waals surface area contributed by atoms with Crippen molar-refractivity contribution in [2.45, 2.75) is 13.3 Å². The summed E-state index contributed by atoms with van der Waals surface area (Å²) in [5.74, 6) is -0.180. The van der Waals surface area contributed by atoms with Crippen molar-refractivity contribution in [3.63, 3.8) is 0 Å². The van der Waals surface area contributed by atoms with Gasteiger partial charge in [0.25, 0.3) is 5.91 Å². The molecule has 0 saturated heterocycles. The van der Waals surface area contributed by atoms with E-state index in [9.17, 15) is 13.2 Å². The van der Waals surface area contributed by atoms with Gasteiger partial charge in [0.1, 0.15) is 5.69 Å². The average Bonchev–Trinajstić information content (AvgIpc) is 2.73. The molecule has 0 atom stereocenters. The van der Waals surface area contributed by atoms with Crippen molar-refractivity contribution in [1.29, 1.82) is 0 Å². The maximum atomic E-state index is 13.0. The number of fused-ring (bicyclic) bond motifs is 1. The number of sulfonamides is 1. The Balaban J connectivity index is 2.09. The summed E-state index contributed by atoms with van der Waals surface area (Å²) >= 11 is 0. The second kappa shape index (κ2) is 5.94. The van der Waals surface area contributed by atoms with Crippen molar-refractivity contribution in [2.75, 3.05) is 28.6 Å². The molecule has 2 heterocycles. The maximum absolute atomic E-state index is 13.0. The largest absolute Gasteiger partial charge is 0.305 e. The van der Waals surface area contributed by atoms with Crippen LogP contribution in [0.2, 0.25) is 0 Å². The zero-order valence-electron chi connectivity index (χ0n) is 13.9. The number of amides is 1. The molecule has 0 spiro atoms. The third-order valence-corrected chi connectivity index (χ3v) is 5.23. The van der Waals surface area contributed by atoms with Gasteiger partial charge in [-0.1, -0.05) is 12.1 Å². The standard InChI is InChI=1S/C16H20N4O3S/c1-12-11-15(18(2)17-12)16(21)19-9-6-10-20(24(3,22)23)14-8-5-4-7-13(14)19/h4-5,7-8,11H,6,9-10H2,1-3H3. The second-order valence-corrected chi connectivity index (χ2v) is 7.84. The number of rotatable bonds is 2.